The van der Waals surface area contributed by atoms with Crippen molar-refractivity contribution >= 4 is 5.97 Å². The molecule has 174 valence electrons. The molecule has 0 atom stereocenters. The number of carbonyl (C=O) groups is 1. The molecule has 1 N–H and O–H groups in total. The third kappa shape index (κ3) is 5.16. The van der Waals surface area contributed by atoms with Crippen LogP contribution in [0.3, 0.4) is 0 Å². The Morgan fingerprint density at radius 3 is 2.45 bits per heavy atom. The Labute approximate surface area is 187 Å². The minimum atomic E-state index is -4.59. The van der Waals surface area contributed by atoms with Crippen LogP contribution >= 0.6 is 0 Å². The van der Waals surface area contributed by atoms with Crippen molar-refractivity contribution in [2.24, 2.45) is 5.92 Å². The monoisotopic (exact) mass is 461 g/mol. The Morgan fingerprint density at radius 1 is 1.18 bits per heavy atom. The first-order chi connectivity index (χ1) is 15.6. The number of benzene rings is 2. The van der Waals surface area contributed by atoms with E-state index < -0.39 is 23.8 Å². The highest BCUT2D eigenvalue weighted by Crippen LogP contribution is 2.39. The molecule has 0 bridgehead atoms. The normalized spacial score (nSPS) is 15.0. The van der Waals surface area contributed by atoms with Crippen LogP contribution in [0.5, 0.6) is 5.75 Å². The number of alkyl halides is 3. The van der Waals surface area contributed by atoms with Gasteiger partial charge in [-0.3, -0.25) is 9.69 Å². The van der Waals surface area contributed by atoms with Gasteiger partial charge in [0.1, 0.15) is 5.75 Å². The molecule has 2 aromatic carbocycles. The zero-order valence-corrected chi connectivity index (χ0v) is 18.0. The molecular formula is C23H22F3N3O4. The highest BCUT2D eigenvalue weighted by Gasteiger charge is 2.35. The van der Waals surface area contributed by atoms with Crippen molar-refractivity contribution < 1.29 is 32.3 Å². The number of carboxylic acid groups (broad SMARTS) is 1. The first kappa shape index (κ1) is 22.8. The van der Waals surface area contributed by atoms with Crippen LogP contribution in [-0.2, 0) is 17.5 Å². The molecule has 1 saturated heterocycles. The van der Waals surface area contributed by atoms with Crippen LogP contribution < -0.4 is 4.74 Å². The number of hydrogen-bond acceptors (Lipinski definition) is 6. The fourth-order valence-electron chi connectivity index (χ4n) is 3.57. The number of aromatic nitrogens is 2. The van der Waals surface area contributed by atoms with Gasteiger partial charge >= 0.3 is 12.1 Å². The maximum Gasteiger partial charge on any atom is 0.419 e. The lowest BCUT2D eigenvalue weighted by Crippen LogP contribution is -2.49. The van der Waals surface area contributed by atoms with E-state index in [9.17, 15) is 18.0 Å². The average Bonchev–Trinajstić information content (AvgIpc) is 3.20. The molecule has 3 aromatic rings. The SMILES string of the molecule is CC(C)Oc1ccc(-c2noc(-c3ccc(CN4CC(C(=O)O)C4)cc3)n2)cc1C(F)(F)F. The summed E-state index contributed by atoms with van der Waals surface area (Å²) in [6, 6.07) is 11.0. The van der Waals surface area contributed by atoms with E-state index in [0.29, 0.717) is 25.2 Å². The van der Waals surface area contributed by atoms with Crippen LogP contribution in [0.15, 0.2) is 47.0 Å². The Bertz CT molecular complexity index is 1140. The van der Waals surface area contributed by atoms with Crippen molar-refractivity contribution in [2.45, 2.75) is 32.7 Å². The number of nitrogens with zero attached hydrogens (tertiary/aromatic N) is 3. The van der Waals surface area contributed by atoms with Crippen LogP contribution in [0.4, 0.5) is 13.2 Å². The molecule has 1 fully saturated rings. The average molecular weight is 461 g/mol. The molecule has 0 amide bonds. The minimum Gasteiger partial charge on any atom is -0.490 e. The molecule has 0 unspecified atom stereocenters. The summed E-state index contributed by atoms with van der Waals surface area (Å²) in [5.41, 5.74) is 0.884. The molecule has 33 heavy (non-hydrogen) atoms. The smallest absolute Gasteiger partial charge is 0.419 e. The molecule has 10 heteroatoms. The first-order valence-corrected chi connectivity index (χ1v) is 10.4. The van der Waals surface area contributed by atoms with Crippen molar-refractivity contribution in [3.63, 3.8) is 0 Å². The third-order valence-electron chi connectivity index (χ3n) is 5.25. The second-order valence-electron chi connectivity index (χ2n) is 8.22. The van der Waals surface area contributed by atoms with Gasteiger partial charge in [-0.15, -0.1) is 0 Å². The predicted octanol–water partition coefficient (Wildman–Crippen LogP) is 4.73. The molecule has 0 spiro atoms. The fourth-order valence-corrected chi connectivity index (χ4v) is 3.57. The summed E-state index contributed by atoms with van der Waals surface area (Å²) in [6.07, 6.45) is -5.00. The summed E-state index contributed by atoms with van der Waals surface area (Å²) in [5, 5.41) is 12.8. The molecule has 0 saturated carbocycles. The van der Waals surface area contributed by atoms with E-state index in [-0.39, 0.29) is 28.9 Å². The molecule has 1 aliphatic rings. The number of hydrogen-bond donors (Lipinski definition) is 1. The van der Waals surface area contributed by atoms with E-state index >= 15 is 0 Å². The quantitative estimate of drug-likeness (QED) is 0.544. The summed E-state index contributed by atoms with van der Waals surface area (Å²) in [4.78, 5) is 17.2. The molecule has 0 radical (unpaired) electrons. The maximum absolute atomic E-state index is 13.5. The molecule has 0 aliphatic carbocycles. The molecular weight excluding hydrogens is 439 g/mol. The van der Waals surface area contributed by atoms with Gasteiger partial charge in [0, 0.05) is 30.8 Å². The lowest BCUT2D eigenvalue weighted by Gasteiger charge is -2.36. The van der Waals surface area contributed by atoms with Gasteiger partial charge in [0.15, 0.2) is 0 Å². The van der Waals surface area contributed by atoms with Gasteiger partial charge in [-0.25, -0.2) is 0 Å². The Morgan fingerprint density at radius 2 is 1.85 bits per heavy atom. The second kappa shape index (κ2) is 8.86. The summed E-state index contributed by atoms with van der Waals surface area (Å²) in [6.45, 7) is 4.97. The Kier molecular flexibility index (Phi) is 6.11. The molecule has 1 aliphatic heterocycles. The molecule has 7 nitrogen and oxygen atoms in total. The van der Waals surface area contributed by atoms with Gasteiger partial charge in [0.2, 0.25) is 5.82 Å². The van der Waals surface area contributed by atoms with Gasteiger partial charge in [-0.2, -0.15) is 18.2 Å². The number of carboxylic acids is 1. The number of rotatable bonds is 7. The largest absolute Gasteiger partial charge is 0.490 e. The van der Waals surface area contributed by atoms with Crippen LogP contribution in [0.2, 0.25) is 0 Å². The number of ether oxygens (including phenoxy) is 1. The van der Waals surface area contributed by atoms with Crippen LogP contribution in [-0.4, -0.2) is 45.3 Å². The topological polar surface area (TPSA) is 88.7 Å². The zero-order chi connectivity index (χ0) is 23.8. The second-order valence-corrected chi connectivity index (χ2v) is 8.22. The summed E-state index contributed by atoms with van der Waals surface area (Å²) < 4.78 is 51.1. The van der Waals surface area contributed by atoms with Gasteiger partial charge in [0.05, 0.1) is 17.6 Å². The zero-order valence-electron chi connectivity index (χ0n) is 18.0. The fraction of sp³-hybridized carbons (Fsp3) is 0.348. The Hall–Kier alpha value is -3.40. The number of aliphatic carboxylic acids is 1. The maximum atomic E-state index is 13.5. The standard InChI is InChI=1S/C23H22F3N3O4/c1-13(2)32-19-8-7-16(9-18(19)23(24,25)26)20-27-21(33-28-20)15-5-3-14(4-6-15)10-29-11-17(12-29)22(30)31/h3-9,13,17H,10-12H2,1-2H3,(H,30,31). The Balaban J connectivity index is 1.49. The van der Waals surface area contributed by atoms with Gasteiger partial charge in [-0.1, -0.05) is 17.3 Å². The summed E-state index contributed by atoms with van der Waals surface area (Å²) in [5.74, 6) is -1.13. The summed E-state index contributed by atoms with van der Waals surface area (Å²) in [7, 11) is 0. The number of halogens is 3. The van der Waals surface area contributed by atoms with Crippen LogP contribution in [0.1, 0.15) is 25.0 Å². The van der Waals surface area contributed by atoms with Crippen molar-refractivity contribution in [2.75, 3.05) is 13.1 Å². The van der Waals surface area contributed by atoms with E-state index in [1.165, 1.54) is 12.1 Å². The van der Waals surface area contributed by atoms with Gasteiger partial charge < -0.3 is 14.4 Å². The van der Waals surface area contributed by atoms with Gasteiger partial charge in [0.25, 0.3) is 5.89 Å². The third-order valence-corrected chi connectivity index (χ3v) is 5.25. The minimum absolute atomic E-state index is 0.0379. The van der Waals surface area contributed by atoms with E-state index in [1.54, 1.807) is 26.0 Å². The van der Waals surface area contributed by atoms with E-state index in [1.807, 2.05) is 17.0 Å². The van der Waals surface area contributed by atoms with Crippen molar-refractivity contribution in [1.29, 1.82) is 0 Å². The lowest BCUT2D eigenvalue weighted by atomic mass is 9.99. The highest BCUT2D eigenvalue weighted by atomic mass is 19.4. The first-order valence-electron chi connectivity index (χ1n) is 10.4. The number of likely N-dealkylation sites (tertiary alicyclic amines) is 1. The predicted molar refractivity (Wildman–Crippen MR) is 112 cm³/mol. The van der Waals surface area contributed by atoms with Crippen LogP contribution in [0, 0.1) is 5.92 Å². The summed E-state index contributed by atoms with van der Waals surface area (Å²) >= 11 is 0. The van der Waals surface area contributed by atoms with E-state index in [0.717, 1.165) is 11.6 Å². The molecule has 2 heterocycles. The molecule has 4 rings (SSSR count). The highest BCUT2D eigenvalue weighted by molar-refractivity contribution is 5.71. The van der Waals surface area contributed by atoms with Crippen molar-refractivity contribution in [3.8, 4) is 28.6 Å². The van der Waals surface area contributed by atoms with Crippen molar-refractivity contribution in [3.05, 3.63) is 53.6 Å². The lowest BCUT2D eigenvalue weighted by molar-refractivity contribution is -0.147. The van der Waals surface area contributed by atoms with Crippen molar-refractivity contribution in [1.82, 2.24) is 15.0 Å². The molecule has 1 aromatic heterocycles. The van der Waals surface area contributed by atoms with E-state index in [2.05, 4.69) is 10.1 Å². The van der Waals surface area contributed by atoms with Crippen LogP contribution in [0.25, 0.3) is 22.8 Å². The van der Waals surface area contributed by atoms with E-state index in [4.69, 9.17) is 14.4 Å². The van der Waals surface area contributed by atoms with Gasteiger partial charge in [-0.05, 0) is 49.7 Å².